The minimum absolute atomic E-state index is 0.918. The first-order valence-electron chi connectivity index (χ1n) is 4.40. The zero-order chi connectivity index (χ0) is 7.68. The van der Waals surface area contributed by atoms with Gasteiger partial charge in [0.25, 0.3) is 0 Å². The first kappa shape index (κ1) is 6.90. The van der Waals surface area contributed by atoms with E-state index in [1.807, 2.05) is 0 Å². The lowest BCUT2D eigenvalue weighted by atomic mass is 10.0. The molecule has 0 amide bonds. The lowest BCUT2D eigenvalue weighted by Gasteiger charge is -2.04. The second-order valence-corrected chi connectivity index (χ2v) is 3.56. The van der Waals surface area contributed by atoms with Crippen LogP contribution in [-0.2, 0) is 0 Å². The lowest BCUT2D eigenvalue weighted by molar-refractivity contribution is 1.07. The molecule has 11 heavy (non-hydrogen) atoms. The molecule has 0 nitrogen and oxygen atoms in total. The van der Waals surface area contributed by atoms with E-state index in [-0.39, 0.29) is 0 Å². The Kier molecular flexibility index (Phi) is 1.69. The lowest BCUT2D eigenvalue weighted by Crippen LogP contribution is -1.84. The topological polar surface area (TPSA) is 0 Å². The van der Waals surface area contributed by atoms with Gasteiger partial charge >= 0.3 is 0 Å². The molecule has 0 unspecified atom stereocenters. The smallest absolute Gasteiger partial charge is 0.00948 e. The summed E-state index contributed by atoms with van der Waals surface area (Å²) in [5.41, 5.74) is 2.91. The maximum Gasteiger partial charge on any atom is -0.00948 e. The Labute approximate surface area is 68.3 Å². The van der Waals surface area contributed by atoms with Crippen LogP contribution in [0.1, 0.15) is 26.2 Å². The highest BCUT2D eigenvalue weighted by molar-refractivity contribution is 5.35. The molecule has 0 spiro atoms. The molecule has 0 heteroatoms. The highest BCUT2D eigenvalue weighted by Gasteiger charge is 2.18. The van der Waals surface area contributed by atoms with Crippen LogP contribution in [0.4, 0.5) is 0 Å². The molecule has 2 rings (SSSR count). The van der Waals surface area contributed by atoms with Gasteiger partial charge in [0, 0.05) is 0 Å². The predicted octanol–water partition coefficient (Wildman–Crippen LogP) is 3.23. The van der Waals surface area contributed by atoms with Crippen molar-refractivity contribution in [2.45, 2.75) is 26.2 Å². The van der Waals surface area contributed by atoms with Crippen LogP contribution in [0.2, 0.25) is 0 Å². The molecule has 2 aliphatic carbocycles. The second kappa shape index (κ2) is 2.69. The molecule has 0 radical (unpaired) electrons. The van der Waals surface area contributed by atoms with E-state index in [0.717, 1.165) is 12.3 Å². The summed E-state index contributed by atoms with van der Waals surface area (Å²) in [6.07, 6.45) is 13.2. The summed E-state index contributed by atoms with van der Waals surface area (Å²) in [5.74, 6) is 0.918. The van der Waals surface area contributed by atoms with Gasteiger partial charge in [-0.2, -0.15) is 0 Å². The van der Waals surface area contributed by atoms with Crippen LogP contribution in [0.5, 0.6) is 0 Å². The van der Waals surface area contributed by atoms with E-state index in [1.165, 1.54) is 24.0 Å². The van der Waals surface area contributed by atoms with Crippen LogP contribution in [-0.4, -0.2) is 0 Å². The number of hydrogen-bond donors (Lipinski definition) is 0. The summed E-state index contributed by atoms with van der Waals surface area (Å²) in [4.78, 5) is 0. The van der Waals surface area contributed by atoms with Gasteiger partial charge in [0.2, 0.25) is 0 Å². The molecule has 1 saturated carbocycles. The standard InChI is InChI=1S/C11H14/c1-9-2-4-10(5-3-9)8-11-6-7-11/h2-4,8,11H,5-7H2,1H3. The summed E-state index contributed by atoms with van der Waals surface area (Å²) in [7, 11) is 0. The van der Waals surface area contributed by atoms with Crippen LogP contribution < -0.4 is 0 Å². The fraction of sp³-hybridized carbons (Fsp3) is 0.455. The van der Waals surface area contributed by atoms with Crippen molar-refractivity contribution in [3.63, 3.8) is 0 Å². The van der Waals surface area contributed by atoms with Gasteiger partial charge < -0.3 is 0 Å². The van der Waals surface area contributed by atoms with Gasteiger partial charge in [0.15, 0.2) is 0 Å². The van der Waals surface area contributed by atoms with Crippen LogP contribution in [0.15, 0.2) is 35.5 Å². The monoisotopic (exact) mass is 146 g/mol. The van der Waals surface area contributed by atoms with E-state index in [0.29, 0.717) is 0 Å². The van der Waals surface area contributed by atoms with Crippen LogP contribution in [0.3, 0.4) is 0 Å². The van der Waals surface area contributed by atoms with Gasteiger partial charge in [-0.25, -0.2) is 0 Å². The third-order valence-electron chi connectivity index (χ3n) is 2.29. The van der Waals surface area contributed by atoms with E-state index >= 15 is 0 Å². The summed E-state index contributed by atoms with van der Waals surface area (Å²) >= 11 is 0. The SMILES string of the molecule is CC1=CCC(=CC2CC2)C=C1. The molecule has 0 aromatic rings. The van der Waals surface area contributed by atoms with E-state index < -0.39 is 0 Å². The molecule has 0 N–H and O–H groups in total. The third kappa shape index (κ3) is 1.83. The molecule has 0 saturated heterocycles. The van der Waals surface area contributed by atoms with Crippen LogP contribution in [0.25, 0.3) is 0 Å². The van der Waals surface area contributed by atoms with Gasteiger partial charge in [0.05, 0.1) is 0 Å². The molecule has 58 valence electrons. The largest absolute Gasteiger partial charge is 0.0779 e. The summed E-state index contributed by atoms with van der Waals surface area (Å²) in [5, 5.41) is 0. The minimum atomic E-state index is 0.918. The molecule has 0 aliphatic heterocycles. The number of hydrogen-bond acceptors (Lipinski definition) is 0. The van der Waals surface area contributed by atoms with Gasteiger partial charge in [-0.15, -0.1) is 0 Å². The quantitative estimate of drug-likeness (QED) is 0.532. The molecule has 0 bridgehead atoms. The summed E-state index contributed by atoms with van der Waals surface area (Å²) in [6, 6.07) is 0. The van der Waals surface area contributed by atoms with Gasteiger partial charge in [-0.3, -0.25) is 0 Å². The van der Waals surface area contributed by atoms with Crippen molar-refractivity contribution in [2.24, 2.45) is 5.92 Å². The zero-order valence-corrected chi connectivity index (χ0v) is 7.01. The third-order valence-corrected chi connectivity index (χ3v) is 2.29. The number of allylic oxidation sites excluding steroid dienone is 6. The van der Waals surface area contributed by atoms with Crippen molar-refractivity contribution in [3.8, 4) is 0 Å². The molecule has 0 aromatic carbocycles. The summed E-state index contributed by atoms with van der Waals surface area (Å²) in [6.45, 7) is 2.16. The Morgan fingerprint density at radius 2 is 2.18 bits per heavy atom. The Morgan fingerprint density at radius 3 is 2.73 bits per heavy atom. The maximum atomic E-state index is 2.43. The Balaban J connectivity index is 2.03. The van der Waals surface area contributed by atoms with Crippen molar-refractivity contribution >= 4 is 0 Å². The Morgan fingerprint density at radius 1 is 1.36 bits per heavy atom. The molecular weight excluding hydrogens is 132 g/mol. The van der Waals surface area contributed by atoms with Gasteiger partial charge in [0.1, 0.15) is 0 Å². The van der Waals surface area contributed by atoms with E-state index in [4.69, 9.17) is 0 Å². The molecule has 1 fully saturated rings. The van der Waals surface area contributed by atoms with E-state index in [2.05, 4.69) is 31.2 Å². The molecule has 0 heterocycles. The minimum Gasteiger partial charge on any atom is -0.0779 e. The second-order valence-electron chi connectivity index (χ2n) is 3.56. The Bertz CT molecular complexity index is 237. The van der Waals surface area contributed by atoms with E-state index in [1.54, 1.807) is 0 Å². The van der Waals surface area contributed by atoms with Gasteiger partial charge in [-0.05, 0) is 37.7 Å². The fourth-order valence-corrected chi connectivity index (χ4v) is 1.34. The zero-order valence-electron chi connectivity index (χ0n) is 7.01. The summed E-state index contributed by atoms with van der Waals surface area (Å²) < 4.78 is 0. The van der Waals surface area contributed by atoms with Crippen LogP contribution in [0, 0.1) is 5.92 Å². The highest BCUT2D eigenvalue weighted by atomic mass is 14.2. The molecule has 0 aromatic heterocycles. The van der Waals surface area contributed by atoms with Crippen molar-refractivity contribution in [1.29, 1.82) is 0 Å². The van der Waals surface area contributed by atoms with Crippen molar-refractivity contribution in [1.82, 2.24) is 0 Å². The fourth-order valence-electron chi connectivity index (χ4n) is 1.34. The van der Waals surface area contributed by atoms with Crippen molar-refractivity contribution in [3.05, 3.63) is 35.5 Å². The first-order valence-corrected chi connectivity index (χ1v) is 4.40. The van der Waals surface area contributed by atoms with Crippen molar-refractivity contribution in [2.75, 3.05) is 0 Å². The Hall–Kier alpha value is -0.780. The first-order chi connectivity index (χ1) is 5.34. The molecule has 0 atom stereocenters. The average Bonchev–Trinajstić information content (AvgIpc) is 2.78. The predicted molar refractivity (Wildman–Crippen MR) is 48.3 cm³/mol. The molecular formula is C11H14. The van der Waals surface area contributed by atoms with Crippen molar-refractivity contribution < 1.29 is 0 Å². The molecule has 2 aliphatic rings. The van der Waals surface area contributed by atoms with E-state index in [9.17, 15) is 0 Å². The normalized spacial score (nSPS) is 27.4. The maximum absolute atomic E-state index is 2.43. The highest BCUT2D eigenvalue weighted by Crippen LogP contribution is 2.32. The number of rotatable bonds is 1. The van der Waals surface area contributed by atoms with Gasteiger partial charge in [-0.1, -0.05) is 29.9 Å². The average molecular weight is 146 g/mol. The van der Waals surface area contributed by atoms with Crippen LogP contribution >= 0.6 is 0 Å².